The highest BCUT2D eigenvalue weighted by molar-refractivity contribution is 5.32. The maximum atomic E-state index is 6.62. The van der Waals surface area contributed by atoms with Crippen molar-refractivity contribution in [2.45, 2.75) is 51.2 Å². The molecule has 1 aliphatic carbocycles. The highest BCUT2D eigenvalue weighted by Gasteiger charge is 2.30. The van der Waals surface area contributed by atoms with E-state index in [-0.39, 0.29) is 6.04 Å². The SMILES string of the molecule is COCCN(C(C)C)C1CCCc2ccccc2C1N. The topological polar surface area (TPSA) is 38.5 Å². The maximum Gasteiger partial charge on any atom is 0.0589 e. The number of nitrogens with two attached hydrogens (primary N) is 1. The van der Waals surface area contributed by atoms with E-state index in [4.69, 9.17) is 10.5 Å². The summed E-state index contributed by atoms with van der Waals surface area (Å²) in [6.45, 7) is 6.22. The summed E-state index contributed by atoms with van der Waals surface area (Å²) in [4.78, 5) is 2.51. The summed E-state index contributed by atoms with van der Waals surface area (Å²) in [6.07, 6.45) is 3.53. The normalized spacial score (nSPS) is 22.9. The van der Waals surface area contributed by atoms with Gasteiger partial charge in [-0.2, -0.15) is 0 Å². The lowest BCUT2D eigenvalue weighted by atomic mass is 9.95. The summed E-state index contributed by atoms with van der Waals surface area (Å²) in [5.41, 5.74) is 9.38. The quantitative estimate of drug-likeness (QED) is 0.840. The van der Waals surface area contributed by atoms with Gasteiger partial charge in [-0.3, -0.25) is 4.90 Å². The van der Waals surface area contributed by atoms with E-state index in [0.717, 1.165) is 26.0 Å². The van der Waals surface area contributed by atoms with Gasteiger partial charge in [-0.1, -0.05) is 24.3 Å². The van der Waals surface area contributed by atoms with Crippen molar-refractivity contribution >= 4 is 0 Å². The number of fused-ring (bicyclic) bond motifs is 1. The number of methoxy groups -OCH3 is 1. The molecule has 2 rings (SSSR count). The molecule has 0 saturated heterocycles. The summed E-state index contributed by atoms with van der Waals surface area (Å²) >= 11 is 0. The lowest BCUT2D eigenvalue weighted by molar-refractivity contribution is 0.0803. The van der Waals surface area contributed by atoms with Crippen LogP contribution in [0.15, 0.2) is 24.3 Å². The van der Waals surface area contributed by atoms with Gasteiger partial charge in [0, 0.05) is 31.8 Å². The first-order valence-electron chi connectivity index (χ1n) is 7.73. The molecule has 0 saturated carbocycles. The van der Waals surface area contributed by atoms with E-state index >= 15 is 0 Å². The second kappa shape index (κ2) is 7.21. The molecule has 0 radical (unpaired) electrons. The van der Waals surface area contributed by atoms with Crippen molar-refractivity contribution in [2.75, 3.05) is 20.3 Å². The van der Waals surface area contributed by atoms with E-state index in [2.05, 4.69) is 43.0 Å². The van der Waals surface area contributed by atoms with Crippen molar-refractivity contribution in [3.63, 3.8) is 0 Å². The van der Waals surface area contributed by atoms with Crippen LogP contribution < -0.4 is 5.73 Å². The third-order valence-electron chi connectivity index (χ3n) is 4.42. The Morgan fingerprint density at radius 3 is 2.80 bits per heavy atom. The largest absolute Gasteiger partial charge is 0.383 e. The number of ether oxygens (including phenoxy) is 1. The lowest BCUT2D eigenvalue weighted by Crippen LogP contribution is -2.47. The smallest absolute Gasteiger partial charge is 0.0589 e. The molecule has 0 fully saturated rings. The fraction of sp³-hybridized carbons (Fsp3) is 0.647. The Kier molecular flexibility index (Phi) is 5.58. The molecule has 112 valence electrons. The molecule has 0 bridgehead atoms. The average Bonchev–Trinajstić information content (AvgIpc) is 2.60. The van der Waals surface area contributed by atoms with E-state index < -0.39 is 0 Å². The number of benzene rings is 1. The first-order valence-corrected chi connectivity index (χ1v) is 7.73. The molecule has 2 N–H and O–H groups in total. The molecule has 1 aromatic carbocycles. The third kappa shape index (κ3) is 3.40. The molecule has 2 unspecified atom stereocenters. The van der Waals surface area contributed by atoms with Crippen LogP contribution in [0.1, 0.15) is 43.9 Å². The zero-order chi connectivity index (χ0) is 14.5. The van der Waals surface area contributed by atoms with Crippen molar-refractivity contribution in [2.24, 2.45) is 5.73 Å². The van der Waals surface area contributed by atoms with E-state index in [9.17, 15) is 0 Å². The summed E-state index contributed by atoms with van der Waals surface area (Å²) in [7, 11) is 1.76. The predicted octanol–water partition coefficient (Wildman–Crippen LogP) is 2.75. The van der Waals surface area contributed by atoms with Crippen molar-refractivity contribution in [1.82, 2.24) is 4.90 Å². The third-order valence-corrected chi connectivity index (χ3v) is 4.42. The minimum atomic E-state index is 0.105. The first kappa shape index (κ1) is 15.5. The Morgan fingerprint density at radius 2 is 2.10 bits per heavy atom. The average molecular weight is 276 g/mol. The Labute approximate surface area is 123 Å². The van der Waals surface area contributed by atoms with Crippen LogP contribution in [0.4, 0.5) is 0 Å². The highest BCUT2D eigenvalue weighted by atomic mass is 16.5. The van der Waals surface area contributed by atoms with E-state index in [1.54, 1.807) is 7.11 Å². The minimum absolute atomic E-state index is 0.105. The van der Waals surface area contributed by atoms with E-state index in [0.29, 0.717) is 12.1 Å². The van der Waals surface area contributed by atoms with Crippen LogP contribution >= 0.6 is 0 Å². The Morgan fingerprint density at radius 1 is 1.35 bits per heavy atom. The second-order valence-electron chi connectivity index (χ2n) is 6.01. The molecule has 1 aliphatic rings. The molecule has 0 amide bonds. The fourth-order valence-electron chi connectivity index (χ4n) is 3.35. The van der Waals surface area contributed by atoms with Crippen LogP contribution in [0.3, 0.4) is 0 Å². The second-order valence-corrected chi connectivity index (χ2v) is 6.01. The standard InChI is InChI=1S/C17H28N2O/c1-13(2)19(11-12-20-3)16-10-6-8-14-7-4-5-9-15(14)17(16)18/h4-5,7,9,13,16-17H,6,8,10-12,18H2,1-3H3. The maximum absolute atomic E-state index is 6.62. The molecule has 3 nitrogen and oxygen atoms in total. The van der Waals surface area contributed by atoms with Gasteiger partial charge in [-0.15, -0.1) is 0 Å². The summed E-state index contributed by atoms with van der Waals surface area (Å²) < 4.78 is 5.27. The van der Waals surface area contributed by atoms with Crippen molar-refractivity contribution in [3.8, 4) is 0 Å². The van der Waals surface area contributed by atoms with Crippen LogP contribution in [0.2, 0.25) is 0 Å². The van der Waals surface area contributed by atoms with Gasteiger partial charge in [-0.25, -0.2) is 0 Å². The number of aryl methyl sites for hydroxylation is 1. The predicted molar refractivity (Wildman–Crippen MR) is 83.8 cm³/mol. The van der Waals surface area contributed by atoms with Gasteiger partial charge in [0.05, 0.1) is 6.61 Å². The van der Waals surface area contributed by atoms with E-state index in [1.807, 2.05) is 0 Å². The molecule has 1 aromatic rings. The van der Waals surface area contributed by atoms with Crippen LogP contribution in [-0.2, 0) is 11.2 Å². The Balaban J connectivity index is 2.22. The van der Waals surface area contributed by atoms with Crippen LogP contribution in [0.25, 0.3) is 0 Å². The fourth-order valence-corrected chi connectivity index (χ4v) is 3.35. The molecule has 20 heavy (non-hydrogen) atoms. The van der Waals surface area contributed by atoms with Gasteiger partial charge in [0.1, 0.15) is 0 Å². The van der Waals surface area contributed by atoms with Crippen molar-refractivity contribution < 1.29 is 4.74 Å². The number of nitrogens with zero attached hydrogens (tertiary/aromatic N) is 1. The van der Waals surface area contributed by atoms with Crippen molar-refractivity contribution in [3.05, 3.63) is 35.4 Å². The lowest BCUT2D eigenvalue weighted by Gasteiger charge is -2.38. The number of hydrogen-bond acceptors (Lipinski definition) is 3. The van der Waals surface area contributed by atoms with Crippen LogP contribution in [0.5, 0.6) is 0 Å². The molecule has 2 atom stereocenters. The molecular weight excluding hydrogens is 248 g/mol. The Hall–Kier alpha value is -0.900. The molecule has 0 heterocycles. The van der Waals surface area contributed by atoms with Gasteiger partial charge in [-0.05, 0) is 44.2 Å². The first-order chi connectivity index (χ1) is 9.65. The van der Waals surface area contributed by atoms with Gasteiger partial charge in [0.2, 0.25) is 0 Å². The number of hydrogen-bond donors (Lipinski definition) is 1. The summed E-state index contributed by atoms with van der Waals surface area (Å²) in [6, 6.07) is 9.67. The zero-order valence-electron chi connectivity index (χ0n) is 13.0. The van der Waals surface area contributed by atoms with E-state index in [1.165, 1.54) is 17.5 Å². The molecule has 0 spiro atoms. The number of rotatable bonds is 5. The highest BCUT2D eigenvalue weighted by Crippen LogP contribution is 2.31. The minimum Gasteiger partial charge on any atom is -0.383 e. The summed E-state index contributed by atoms with van der Waals surface area (Å²) in [5.74, 6) is 0. The van der Waals surface area contributed by atoms with Gasteiger partial charge < -0.3 is 10.5 Å². The monoisotopic (exact) mass is 276 g/mol. The molecule has 0 aliphatic heterocycles. The van der Waals surface area contributed by atoms with Crippen LogP contribution in [0, 0.1) is 0 Å². The zero-order valence-corrected chi connectivity index (χ0v) is 13.0. The molecule has 0 aromatic heterocycles. The molecular formula is C17H28N2O. The van der Waals surface area contributed by atoms with Gasteiger partial charge in [0.25, 0.3) is 0 Å². The van der Waals surface area contributed by atoms with Crippen molar-refractivity contribution in [1.29, 1.82) is 0 Å². The molecule has 3 heteroatoms. The Bertz CT molecular complexity index is 419. The van der Waals surface area contributed by atoms with Gasteiger partial charge in [0.15, 0.2) is 0 Å². The van der Waals surface area contributed by atoms with Gasteiger partial charge >= 0.3 is 0 Å². The van der Waals surface area contributed by atoms with Crippen LogP contribution in [-0.4, -0.2) is 37.2 Å². The summed E-state index contributed by atoms with van der Waals surface area (Å²) in [5, 5.41) is 0.